The van der Waals surface area contributed by atoms with Crippen LogP contribution in [0.3, 0.4) is 0 Å². The van der Waals surface area contributed by atoms with Gasteiger partial charge in [0, 0.05) is 31.3 Å². The molecular weight excluding hydrogens is 212 g/mol. The van der Waals surface area contributed by atoms with Crippen molar-refractivity contribution in [3.63, 3.8) is 0 Å². The van der Waals surface area contributed by atoms with Crippen molar-refractivity contribution >= 4 is 0 Å². The SMILES string of the molecule is CC1(C)CCC(NC2(CN)CCCOCC2)C1. The third kappa shape index (κ3) is 3.43. The monoisotopic (exact) mass is 240 g/mol. The highest BCUT2D eigenvalue weighted by Gasteiger charge is 2.37. The zero-order valence-corrected chi connectivity index (χ0v) is 11.4. The second kappa shape index (κ2) is 5.25. The highest BCUT2D eigenvalue weighted by molar-refractivity contribution is 4.96. The fourth-order valence-electron chi connectivity index (χ4n) is 3.41. The number of hydrogen-bond donors (Lipinski definition) is 2. The highest BCUT2D eigenvalue weighted by atomic mass is 16.5. The van der Waals surface area contributed by atoms with Crippen molar-refractivity contribution in [1.82, 2.24) is 5.32 Å². The summed E-state index contributed by atoms with van der Waals surface area (Å²) in [6.45, 7) is 7.26. The van der Waals surface area contributed by atoms with E-state index >= 15 is 0 Å². The van der Waals surface area contributed by atoms with E-state index in [1.165, 1.54) is 25.7 Å². The van der Waals surface area contributed by atoms with E-state index in [1.54, 1.807) is 0 Å². The van der Waals surface area contributed by atoms with Crippen LogP contribution >= 0.6 is 0 Å². The van der Waals surface area contributed by atoms with E-state index in [1.807, 2.05) is 0 Å². The van der Waals surface area contributed by atoms with Gasteiger partial charge < -0.3 is 15.8 Å². The molecule has 2 rings (SSSR count). The van der Waals surface area contributed by atoms with Crippen molar-refractivity contribution < 1.29 is 4.74 Å². The van der Waals surface area contributed by atoms with Gasteiger partial charge in [-0.15, -0.1) is 0 Å². The van der Waals surface area contributed by atoms with Gasteiger partial charge in [-0.1, -0.05) is 13.8 Å². The van der Waals surface area contributed by atoms with Crippen LogP contribution in [0.15, 0.2) is 0 Å². The fourth-order valence-corrected chi connectivity index (χ4v) is 3.41. The zero-order valence-electron chi connectivity index (χ0n) is 11.4. The summed E-state index contributed by atoms with van der Waals surface area (Å²) < 4.78 is 5.56. The van der Waals surface area contributed by atoms with Gasteiger partial charge in [0.2, 0.25) is 0 Å². The third-order valence-electron chi connectivity index (χ3n) is 4.54. The first-order valence-electron chi connectivity index (χ1n) is 7.11. The molecule has 0 amide bonds. The molecule has 3 nitrogen and oxygen atoms in total. The minimum Gasteiger partial charge on any atom is -0.381 e. The lowest BCUT2D eigenvalue weighted by atomic mass is 9.88. The van der Waals surface area contributed by atoms with Gasteiger partial charge in [0.1, 0.15) is 0 Å². The molecule has 0 bridgehead atoms. The molecule has 0 aromatic carbocycles. The van der Waals surface area contributed by atoms with Gasteiger partial charge in [0.25, 0.3) is 0 Å². The molecule has 0 spiro atoms. The van der Waals surface area contributed by atoms with Gasteiger partial charge in [0.15, 0.2) is 0 Å². The van der Waals surface area contributed by atoms with Crippen molar-refractivity contribution in [2.45, 2.75) is 64.0 Å². The maximum atomic E-state index is 6.04. The molecule has 2 atom stereocenters. The Bertz CT molecular complexity index is 245. The van der Waals surface area contributed by atoms with Crippen LogP contribution in [0, 0.1) is 5.41 Å². The van der Waals surface area contributed by atoms with Crippen LogP contribution in [0.2, 0.25) is 0 Å². The molecule has 1 saturated heterocycles. The van der Waals surface area contributed by atoms with Crippen LogP contribution in [-0.2, 0) is 4.74 Å². The summed E-state index contributed by atoms with van der Waals surface area (Å²) >= 11 is 0. The van der Waals surface area contributed by atoms with Crippen molar-refractivity contribution in [2.24, 2.45) is 11.1 Å². The molecule has 1 heterocycles. The quantitative estimate of drug-likeness (QED) is 0.794. The van der Waals surface area contributed by atoms with Gasteiger partial charge in [-0.2, -0.15) is 0 Å². The number of nitrogens with two attached hydrogens (primary N) is 1. The average Bonchev–Trinajstić information content (AvgIpc) is 2.52. The van der Waals surface area contributed by atoms with E-state index in [4.69, 9.17) is 10.5 Å². The van der Waals surface area contributed by atoms with Gasteiger partial charge in [-0.05, 0) is 43.9 Å². The molecule has 2 aliphatic rings. The fraction of sp³-hybridized carbons (Fsp3) is 1.00. The molecule has 0 aromatic heterocycles. The predicted molar refractivity (Wildman–Crippen MR) is 71.0 cm³/mol. The topological polar surface area (TPSA) is 47.3 Å². The summed E-state index contributed by atoms with van der Waals surface area (Å²) in [5.41, 5.74) is 6.68. The number of rotatable bonds is 3. The van der Waals surface area contributed by atoms with Crippen molar-refractivity contribution in [3.05, 3.63) is 0 Å². The van der Waals surface area contributed by atoms with Crippen molar-refractivity contribution in [2.75, 3.05) is 19.8 Å². The van der Waals surface area contributed by atoms with E-state index in [0.29, 0.717) is 11.5 Å². The van der Waals surface area contributed by atoms with E-state index < -0.39 is 0 Å². The van der Waals surface area contributed by atoms with E-state index in [2.05, 4.69) is 19.2 Å². The van der Waals surface area contributed by atoms with E-state index in [9.17, 15) is 0 Å². The van der Waals surface area contributed by atoms with Gasteiger partial charge in [-0.25, -0.2) is 0 Å². The van der Waals surface area contributed by atoms with E-state index in [-0.39, 0.29) is 5.54 Å². The number of nitrogens with one attached hydrogen (secondary N) is 1. The Labute approximate surface area is 105 Å². The molecule has 1 aliphatic heterocycles. The molecule has 1 saturated carbocycles. The molecule has 0 aromatic rings. The summed E-state index contributed by atoms with van der Waals surface area (Å²) in [5, 5.41) is 3.87. The lowest BCUT2D eigenvalue weighted by molar-refractivity contribution is 0.135. The van der Waals surface area contributed by atoms with Crippen LogP contribution in [0.5, 0.6) is 0 Å². The van der Waals surface area contributed by atoms with Crippen LogP contribution in [0.25, 0.3) is 0 Å². The summed E-state index contributed by atoms with van der Waals surface area (Å²) in [6, 6.07) is 0.659. The van der Waals surface area contributed by atoms with Crippen molar-refractivity contribution in [1.29, 1.82) is 0 Å². The first kappa shape index (κ1) is 13.3. The summed E-state index contributed by atoms with van der Waals surface area (Å²) in [6.07, 6.45) is 7.30. The molecule has 2 fully saturated rings. The van der Waals surface area contributed by atoms with E-state index in [0.717, 1.165) is 32.6 Å². The second-order valence-corrected chi connectivity index (χ2v) is 6.70. The van der Waals surface area contributed by atoms with Crippen LogP contribution in [0.4, 0.5) is 0 Å². The first-order valence-corrected chi connectivity index (χ1v) is 7.11. The Morgan fingerprint density at radius 1 is 1.24 bits per heavy atom. The Morgan fingerprint density at radius 3 is 2.71 bits per heavy atom. The molecule has 3 heteroatoms. The first-order chi connectivity index (χ1) is 8.05. The van der Waals surface area contributed by atoms with Crippen LogP contribution in [-0.4, -0.2) is 31.3 Å². The zero-order chi connectivity index (χ0) is 12.4. The second-order valence-electron chi connectivity index (χ2n) is 6.70. The minimum absolute atomic E-state index is 0.140. The van der Waals surface area contributed by atoms with Crippen LogP contribution in [0.1, 0.15) is 52.4 Å². The Hall–Kier alpha value is -0.120. The van der Waals surface area contributed by atoms with Gasteiger partial charge in [-0.3, -0.25) is 0 Å². The Balaban J connectivity index is 1.94. The molecule has 3 N–H and O–H groups in total. The molecule has 2 unspecified atom stereocenters. The standard InChI is InChI=1S/C14H28N2O/c1-13(2)6-4-12(10-13)16-14(11-15)5-3-8-17-9-7-14/h12,16H,3-11,15H2,1-2H3. The maximum absolute atomic E-state index is 6.04. The molecule has 17 heavy (non-hydrogen) atoms. The average molecular weight is 240 g/mol. The maximum Gasteiger partial charge on any atom is 0.0484 e. The Morgan fingerprint density at radius 2 is 2.06 bits per heavy atom. The summed E-state index contributed by atoms with van der Waals surface area (Å²) in [4.78, 5) is 0. The smallest absolute Gasteiger partial charge is 0.0484 e. The Kier molecular flexibility index (Phi) is 4.11. The summed E-state index contributed by atoms with van der Waals surface area (Å²) in [5.74, 6) is 0. The third-order valence-corrected chi connectivity index (χ3v) is 4.54. The predicted octanol–water partition coefficient (Wildman–Crippen LogP) is 2.05. The highest BCUT2D eigenvalue weighted by Crippen LogP contribution is 2.38. The largest absolute Gasteiger partial charge is 0.381 e. The molecule has 100 valence electrons. The van der Waals surface area contributed by atoms with Gasteiger partial charge in [0.05, 0.1) is 0 Å². The lowest BCUT2D eigenvalue weighted by Crippen LogP contribution is -2.55. The summed E-state index contributed by atoms with van der Waals surface area (Å²) in [7, 11) is 0. The number of ether oxygens (including phenoxy) is 1. The van der Waals surface area contributed by atoms with Crippen LogP contribution < -0.4 is 11.1 Å². The van der Waals surface area contributed by atoms with Crippen molar-refractivity contribution in [3.8, 4) is 0 Å². The minimum atomic E-state index is 0.140. The number of hydrogen-bond acceptors (Lipinski definition) is 3. The molecular formula is C14H28N2O. The lowest BCUT2D eigenvalue weighted by Gasteiger charge is -2.36. The van der Waals surface area contributed by atoms with Gasteiger partial charge >= 0.3 is 0 Å². The molecule has 0 radical (unpaired) electrons. The normalized spacial score (nSPS) is 37.9. The molecule has 1 aliphatic carbocycles.